The van der Waals surface area contributed by atoms with E-state index >= 15 is 0 Å². The zero-order chi connectivity index (χ0) is 15.2. The molecule has 4 heteroatoms. The highest BCUT2D eigenvalue weighted by molar-refractivity contribution is 5.50. The van der Waals surface area contributed by atoms with Crippen LogP contribution in [0.2, 0.25) is 0 Å². The van der Waals surface area contributed by atoms with Gasteiger partial charge in [-0.25, -0.2) is 4.39 Å². The Balaban J connectivity index is 2.28. The largest absolute Gasteiger partial charge is 0.495 e. The highest BCUT2D eigenvalue weighted by Gasteiger charge is 2.11. The highest BCUT2D eigenvalue weighted by Crippen LogP contribution is 2.23. The second kappa shape index (κ2) is 6.76. The lowest BCUT2D eigenvalue weighted by molar-refractivity contribution is 0.413. The van der Waals surface area contributed by atoms with E-state index in [1.165, 1.54) is 13.2 Å². The Morgan fingerprint density at radius 3 is 2.62 bits per heavy atom. The van der Waals surface area contributed by atoms with E-state index in [1.807, 2.05) is 24.0 Å². The number of methoxy groups -OCH3 is 1. The fraction of sp³-hybridized carbons (Fsp3) is 0.235. The first-order valence-corrected chi connectivity index (χ1v) is 6.76. The Labute approximate surface area is 124 Å². The van der Waals surface area contributed by atoms with Crippen molar-refractivity contribution in [3.8, 4) is 11.8 Å². The number of nitriles is 1. The monoisotopic (exact) mass is 284 g/mol. The maximum absolute atomic E-state index is 13.9. The predicted molar refractivity (Wildman–Crippen MR) is 80.8 cm³/mol. The molecule has 0 atom stereocenters. The molecule has 2 aromatic carbocycles. The SMILES string of the molecule is CCN(Cc1ccc(OC)c(C#N)c1)c1ccccc1F. The van der Waals surface area contributed by atoms with E-state index in [9.17, 15) is 4.39 Å². The normalized spacial score (nSPS) is 10.0. The van der Waals surface area contributed by atoms with E-state index in [1.54, 1.807) is 24.3 Å². The summed E-state index contributed by atoms with van der Waals surface area (Å²) in [7, 11) is 1.54. The summed E-state index contributed by atoms with van der Waals surface area (Å²) in [4.78, 5) is 1.93. The summed E-state index contributed by atoms with van der Waals surface area (Å²) in [6.07, 6.45) is 0. The number of anilines is 1. The van der Waals surface area contributed by atoms with Crippen LogP contribution in [0.4, 0.5) is 10.1 Å². The molecule has 0 radical (unpaired) electrons. The number of para-hydroxylation sites is 1. The molecule has 0 spiro atoms. The lowest BCUT2D eigenvalue weighted by Gasteiger charge is -2.24. The third kappa shape index (κ3) is 3.32. The lowest BCUT2D eigenvalue weighted by Crippen LogP contribution is -2.23. The van der Waals surface area contributed by atoms with E-state index in [-0.39, 0.29) is 5.82 Å². The predicted octanol–water partition coefficient (Wildman–Crippen LogP) is 3.73. The zero-order valence-corrected chi connectivity index (χ0v) is 12.1. The van der Waals surface area contributed by atoms with Gasteiger partial charge in [0.15, 0.2) is 0 Å². The van der Waals surface area contributed by atoms with Gasteiger partial charge in [0.1, 0.15) is 17.6 Å². The van der Waals surface area contributed by atoms with Crippen LogP contribution in [0.3, 0.4) is 0 Å². The van der Waals surface area contributed by atoms with Gasteiger partial charge >= 0.3 is 0 Å². The van der Waals surface area contributed by atoms with Gasteiger partial charge in [-0.05, 0) is 36.8 Å². The molecule has 0 N–H and O–H groups in total. The Morgan fingerprint density at radius 2 is 2.00 bits per heavy atom. The summed E-state index contributed by atoms with van der Waals surface area (Å²) >= 11 is 0. The maximum Gasteiger partial charge on any atom is 0.146 e. The van der Waals surface area contributed by atoms with Crippen LogP contribution in [0.15, 0.2) is 42.5 Å². The highest BCUT2D eigenvalue weighted by atomic mass is 19.1. The van der Waals surface area contributed by atoms with E-state index in [0.29, 0.717) is 30.1 Å². The number of hydrogen-bond acceptors (Lipinski definition) is 3. The summed E-state index contributed by atoms with van der Waals surface area (Å²) in [6.45, 7) is 3.19. The van der Waals surface area contributed by atoms with Crippen LogP contribution in [0.25, 0.3) is 0 Å². The van der Waals surface area contributed by atoms with Crippen molar-refractivity contribution >= 4 is 5.69 Å². The summed E-state index contributed by atoms with van der Waals surface area (Å²) < 4.78 is 19.0. The fourth-order valence-corrected chi connectivity index (χ4v) is 2.24. The molecule has 2 rings (SSSR count). The summed E-state index contributed by atoms with van der Waals surface area (Å²) in [6, 6.07) is 14.2. The molecule has 0 aliphatic rings. The number of rotatable bonds is 5. The van der Waals surface area contributed by atoms with Crippen LogP contribution in [0.5, 0.6) is 5.75 Å². The van der Waals surface area contributed by atoms with Crippen LogP contribution in [-0.4, -0.2) is 13.7 Å². The van der Waals surface area contributed by atoms with Gasteiger partial charge < -0.3 is 9.64 Å². The van der Waals surface area contributed by atoms with Gasteiger partial charge in [-0.2, -0.15) is 5.26 Å². The molecule has 0 saturated carbocycles. The molecule has 0 bridgehead atoms. The summed E-state index contributed by atoms with van der Waals surface area (Å²) in [5, 5.41) is 9.12. The molecule has 3 nitrogen and oxygen atoms in total. The van der Waals surface area contributed by atoms with E-state index in [2.05, 4.69) is 6.07 Å². The van der Waals surface area contributed by atoms with Gasteiger partial charge in [0.25, 0.3) is 0 Å². The molecule has 0 aliphatic heterocycles. The van der Waals surface area contributed by atoms with Gasteiger partial charge in [-0.3, -0.25) is 0 Å². The van der Waals surface area contributed by atoms with E-state index < -0.39 is 0 Å². The zero-order valence-electron chi connectivity index (χ0n) is 12.1. The standard InChI is InChI=1S/C17H17FN2O/c1-3-20(16-7-5-4-6-15(16)18)12-13-8-9-17(21-2)14(10-13)11-19/h4-10H,3,12H2,1-2H3. The molecule has 0 fully saturated rings. The average Bonchev–Trinajstić information content (AvgIpc) is 2.53. The van der Waals surface area contributed by atoms with Gasteiger partial charge in [0, 0.05) is 13.1 Å². The number of hydrogen-bond donors (Lipinski definition) is 0. The molecule has 0 unspecified atom stereocenters. The fourth-order valence-electron chi connectivity index (χ4n) is 2.24. The molecular weight excluding hydrogens is 267 g/mol. The van der Waals surface area contributed by atoms with E-state index in [4.69, 9.17) is 10.00 Å². The molecule has 21 heavy (non-hydrogen) atoms. The van der Waals surface area contributed by atoms with Crippen LogP contribution in [0, 0.1) is 17.1 Å². The first-order chi connectivity index (χ1) is 10.2. The quantitative estimate of drug-likeness (QED) is 0.839. The molecule has 0 heterocycles. The van der Waals surface area contributed by atoms with Crippen LogP contribution >= 0.6 is 0 Å². The molecule has 0 aromatic heterocycles. The van der Waals surface area contributed by atoms with Crippen molar-refractivity contribution in [2.75, 3.05) is 18.6 Å². The summed E-state index contributed by atoms with van der Waals surface area (Å²) in [5.41, 5.74) is 1.99. The minimum absolute atomic E-state index is 0.242. The first-order valence-electron chi connectivity index (χ1n) is 6.76. The molecule has 0 amide bonds. The third-order valence-corrected chi connectivity index (χ3v) is 3.33. The number of ether oxygens (including phenoxy) is 1. The molecular formula is C17H17FN2O. The van der Waals surface area contributed by atoms with Gasteiger partial charge in [0.2, 0.25) is 0 Å². The molecule has 108 valence electrons. The number of halogens is 1. The maximum atomic E-state index is 13.9. The summed E-state index contributed by atoms with van der Waals surface area (Å²) in [5.74, 6) is 0.309. The van der Waals surface area contributed by atoms with E-state index in [0.717, 1.165) is 5.56 Å². The smallest absolute Gasteiger partial charge is 0.146 e. The van der Waals surface area contributed by atoms with Crippen molar-refractivity contribution in [2.24, 2.45) is 0 Å². The molecule has 0 saturated heterocycles. The van der Waals surface area contributed by atoms with Crippen molar-refractivity contribution in [1.82, 2.24) is 0 Å². The Morgan fingerprint density at radius 1 is 1.24 bits per heavy atom. The Bertz CT molecular complexity index is 664. The lowest BCUT2D eigenvalue weighted by atomic mass is 10.1. The minimum atomic E-state index is -0.242. The van der Waals surface area contributed by atoms with Gasteiger partial charge in [0.05, 0.1) is 18.4 Å². The number of benzene rings is 2. The first kappa shape index (κ1) is 14.9. The van der Waals surface area contributed by atoms with Crippen molar-refractivity contribution < 1.29 is 9.13 Å². The Kier molecular flexibility index (Phi) is 4.78. The molecule has 2 aromatic rings. The molecule has 0 aliphatic carbocycles. The second-order valence-electron chi connectivity index (χ2n) is 4.61. The average molecular weight is 284 g/mol. The second-order valence-corrected chi connectivity index (χ2v) is 4.61. The van der Waals surface area contributed by atoms with Gasteiger partial charge in [-0.15, -0.1) is 0 Å². The van der Waals surface area contributed by atoms with Crippen LogP contribution in [-0.2, 0) is 6.54 Å². The van der Waals surface area contributed by atoms with Gasteiger partial charge in [-0.1, -0.05) is 18.2 Å². The Hall–Kier alpha value is -2.54. The van der Waals surface area contributed by atoms with Crippen molar-refractivity contribution in [2.45, 2.75) is 13.5 Å². The van der Waals surface area contributed by atoms with Crippen molar-refractivity contribution in [3.05, 3.63) is 59.4 Å². The number of nitrogens with zero attached hydrogens (tertiary/aromatic N) is 2. The third-order valence-electron chi connectivity index (χ3n) is 3.33. The minimum Gasteiger partial charge on any atom is -0.495 e. The van der Waals surface area contributed by atoms with Crippen molar-refractivity contribution in [1.29, 1.82) is 5.26 Å². The topological polar surface area (TPSA) is 36.3 Å². The van der Waals surface area contributed by atoms with Crippen molar-refractivity contribution in [3.63, 3.8) is 0 Å². The van der Waals surface area contributed by atoms with Crippen LogP contribution in [0.1, 0.15) is 18.1 Å². The van der Waals surface area contributed by atoms with Crippen LogP contribution < -0.4 is 9.64 Å².